The molecule has 1 saturated carbocycles. The number of rotatable bonds is 6. The fourth-order valence-corrected chi connectivity index (χ4v) is 3.67. The van der Waals surface area contributed by atoms with Gasteiger partial charge in [0.15, 0.2) is 0 Å². The second kappa shape index (κ2) is 7.35. The molecule has 0 saturated heterocycles. The highest BCUT2D eigenvalue weighted by molar-refractivity contribution is 6.30. The van der Waals surface area contributed by atoms with E-state index in [2.05, 4.69) is 5.32 Å². The Kier molecular flexibility index (Phi) is 5.69. The Morgan fingerprint density at radius 1 is 1.22 bits per heavy atom. The normalized spacial score (nSPS) is 21.2. The minimum atomic E-state index is -0.767. The maximum atomic E-state index is 13.0. The van der Waals surface area contributed by atoms with Crippen molar-refractivity contribution in [1.82, 2.24) is 5.32 Å². The molecule has 1 aromatic rings. The van der Waals surface area contributed by atoms with Gasteiger partial charge in [-0.05, 0) is 49.8 Å². The highest BCUT2D eigenvalue weighted by atomic mass is 35.5. The molecule has 2 N–H and O–H groups in total. The maximum Gasteiger partial charge on any atom is 0.306 e. The SMILES string of the molecule is CCC(CC)(C(=O)N[C@@H]1CC[C@H](C(=O)O)C1)c1ccc(Cl)cc1. The largest absolute Gasteiger partial charge is 0.481 e. The molecule has 0 aliphatic heterocycles. The third kappa shape index (κ3) is 3.69. The predicted molar refractivity (Wildman–Crippen MR) is 90.6 cm³/mol. The van der Waals surface area contributed by atoms with Gasteiger partial charge in [-0.25, -0.2) is 0 Å². The van der Waals surface area contributed by atoms with Crippen LogP contribution in [-0.2, 0) is 15.0 Å². The standard InChI is InChI=1S/C18H24ClNO3/c1-3-18(4-2,13-6-8-14(19)9-7-13)17(23)20-15-10-5-12(11-15)16(21)22/h6-9,12,15H,3-5,10-11H2,1-2H3,(H,20,23)(H,21,22)/t12-,15+/m0/s1. The molecule has 5 heteroatoms. The Labute approximate surface area is 142 Å². The third-order valence-corrected chi connectivity index (χ3v) is 5.41. The Bertz CT molecular complexity index is 566. The summed E-state index contributed by atoms with van der Waals surface area (Å²) >= 11 is 5.95. The molecule has 2 atom stereocenters. The number of halogens is 1. The molecule has 1 amide bonds. The van der Waals surface area contributed by atoms with Gasteiger partial charge in [0, 0.05) is 11.1 Å². The van der Waals surface area contributed by atoms with Crippen molar-refractivity contribution >= 4 is 23.5 Å². The van der Waals surface area contributed by atoms with Crippen LogP contribution in [0, 0.1) is 5.92 Å². The van der Waals surface area contributed by atoms with Crippen molar-refractivity contribution in [1.29, 1.82) is 0 Å². The van der Waals surface area contributed by atoms with Crippen LogP contribution in [0.25, 0.3) is 0 Å². The second-order valence-electron chi connectivity index (χ2n) is 6.31. The average Bonchev–Trinajstić information content (AvgIpc) is 2.99. The number of aliphatic carboxylic acids is 1. The van der Waals surface area contributed by atoms with E-state index in [1.807, 2.05) is 26.0 Å². The summed E-state index contributed by atoms with van der Waals surface area (Å²) in [7, 11) is 0. The summed E-state index contributed by atoms with van der Waals surface area (Å²) in [6.45, 7) is 4.01. The lowest BCUT2D eigenvalue weighted by atomic mass is 9.75. The second-order valence-corrected chi connectivity index (χ2v) is 6.75. The fraction of sp³-hybridized carbons (Fsp3) is 0.556. The van der Waals surface area contributed by atoms with Gasteiger partial charge in [-0.15, -0.1) is 0 Å². The zero-order valence-electron chi connectivity index (χ0n) is 13.6. The zero-order valence-corrected chi connectivity index (χ0v) is 14.4. The molecule has 23 heavy (non-hydrogen) atoms. The number of hydrogen-bond acceptors (Lipinski definition) is 2. The van der Waals surface area contributed by atoms with Gasteiger partial charge in [-0.1, -0.05) is 37.6 Å². The van der Waals surface area contributed by atoms with Crippen molar-refractivity contribution in [3.05, 3.63) is 34.9 Å². The van der Waals surface area contributed by atoms with E-state index >= 15 is 0 Å². The lowest BCUT2D eigenvalue weighted by Crippen LogP contribution is -2.47. The van der Waals surface area contributed by atoms with Gasteiger partial charge in [0.05, 0.1) is 11.3 Å². The Morgan fingerprint density at radius 2 is 1.83 bits per heavy atom. The highest BCUT2D eigenvalue weighted by Gasteiger charge is 2.39. The lowest BCUT2D eigenvalue weighted by Gasteiger charge is -2.32. The monoisotopic (exact) mass is 337 g/mol. The Balaban J connectivity index is 2.16. The van der Waals surface area contributed by atoms with Crippen LogP contribution in [0.2, 0.25) is 5.02 Å². The zero-order chi connectivity index (χ0) is 17.0. The first kappa shape index (κ1) is 17.8. The summed E-state index contributed by atoms with van der Waals surface area (Å²) in [5.74, 6) is -1.12. The molecule has 1 aromatic carbocycles. The molecule has 0 radical (unpaired) electrons. The number of carbonyl (C=O) groups excluding carboxylic acids is 1. The molecule has 0 aromatic heterocycles. The molecule has 1 aliphatic carbocycles. The molecular weight excluding hydrogens is 314 g/mol. The summed E-state index contributed by atoms with van der Waals surface area (Å²) < 4.78 is 0. The molecule has 1 fully saturated rings. The van der Waals surface area contributed by atoms with E-state index in [9.17, 15) is 9.59 Å². The molecule has 2 rings (SSSR count). The number of hydrogen-bond donors (Lipinski definition) is 2. The summed E-state index contributed by atoms with van der Waals surface area (Å²) in [4.78, 5) is 24.0. The number of benzene rings is 1. The summed E-state index contributed by atoms with van der Waals surface area (Å²) in [6.07, 6.45) is 3.25. The molecule has 0 bridgehead atoms. The summed E-state index contributed by atoms with van der Waals surface area (Å²) in [6, 6.07) is 7.38. The van der Waals surface area contributed by atoms with Crippen molar-refractivity contribution in [3.8, 4) is 0 Å². The van der Waals surface area contributed by atoms with E-state index in [1.165, 1.54) is 0 Å². The van der Waals surface area contributed by atoms with E-state index in [0.717, 1.165) is 12.0 Å². The Hall–Kier alpha value is -1.55. The minimum Gasteiger partial charge on any atom is -0.481 e. The summed E-state index contributed by atoms with van der Waals surface area (Å²) in [5.41, 5.74) is 0.364. The average molecular weight is 338 g/mol. The lowest BCUT2D eigenvalue weighted by molar-refractivity contribution is -0.141. The van der Waals surface area contributed by atoms with Crippen LogP contribution < -0.4 is 5.32 Å². The van der Waals surface area contributed by atoms with Crippen LogP contribution in [0.15, 0.2) is 24.3 Å². The van der Waals surface area contributed by atoms with Crippen molar-refractivity contribution in [2.24, 2.45) is 5.92 Å². The maximum absolute atomic E-state index is 13.0. The molecule has 1 aliphatic rings. The van der Waals surface area contributed by atoms with E-state index in [1.54, 1.807) is 12.1 Å². The van der Waals surface area contributed by atoms with Gasteiger partial charge in [-0.3, -0.25) is 9.59 Å². The van der Waals surface area contributed by atoms with E-state index in [4.69, 9.17) is 16.7 Å². The van der Waals surface area contributed by atoms with Crippen LogP contribution in [-0.4, -0.2) is 23.0 Å². The molecule has 0 spiro atoms. The van der Waals surface area contributed by atoms with Gasteiger partial charge in [0.2, 0.25) is 5.91 Å². The highest BCUT2D eigenvalue weighted by Crippen LogP contribution is 2.34. The topological polar surface area (TPSA) is 66.4 Å². The smallest absolute Gasteiger partial charge is 0.306 e. The predicted octanol–water partition coefficient (Wildman–Crippen LogP) is 3.77. The van der Waals surface area contributed by atoms with Gasteiger partial charge in [0.25, 0.3) is 0 Å². The van der Waals surface area contributed by atoms with Gasteiger partial charge in [-0.2, -0.15) is 0 Å². The fourth-order valence-electron chi connectivity index (χ4n) is 3.54. The number of nitrogens with one attached hydrogen (secondary N) is 1. The van der Waals surface area contributed by atoms with Crippen LogP contribution in [0.1, 0.15) is 51.5 Å². The number of carboxylic acid groups (broad SMARTS) is 1. The first-order valence-corrected chi connectivity index (χ1v) is 8.60. The van der Waals surface area contributed by atoms with Crippen molar-refractivity contribution < 1.29 is 14.7 Å². The van der Waals surface area contributed by atoms with Crippen LogP contribution in [0.4, 0.5) is 0 Å². The number of carbonyl (C=O) groups is 2. The van der Waals surface area contributed by atoms with Crippen molar-refractivity contribution in [3.63, 3.8) is 0 Å². The molecule has 126 valence electrons. The van der Waals surface area contributed by atoms with E-state index in [0.29, 0.717) is 30.7 Å². The quantitative estimate of drug-likeness (QED) is 0.830. The number of amides is 1. The number of carboxylic acids is 1. The first-order chi connectivity index (χ1) is 10.9. The van der Waals surface area contributed by atoms with E-state index < -0.39 is 11.4 Å². The first-order valence-electron chi connectivity index (χ1n) is 8.22. The van der Waals surface area contributed by atoms with Crippen LogP contribution >= 0.6 is 11.6 Å². The van der Waals surface area contributed by atoms with Crippen LogP contribution in [0.5, 0.6) is 0 Å². The Morgan fingerprint density at radius 3 is 2.30 bits per heavy atom. The molecular formula is C18H24ClNO3. The van der Waals surface area contributed by atoms with Gasteiger partial charge in [0.1, 0.15) is 0 Å². The molecule has 0 unspecified atom stereocenters. The third-order valence-electron chi connectivity index (χ3n) is 5.16. The van der Waals surface area contributed by atoms with Gasteiger partial charge >= 0.3 is 5.97 Å². The molecule has 4 nitrogen and oxygen atoms in total. The summed E-state index contributed by atoms with van der Waals surface area (Å²) in [5, 5.41) is 12.8. The van der Waals surface area contributed by atoms with Crippen molar-refractivity contribution in [2.75, 3.05) is 0 Å². The van der Waals surface area contributed by atoms with Gasteiger partial charge < -0.3 is 10.4 Å². The molecule has 0 heterocycles. The van der Waals surface area contributed by atoms with E-state index in [-0.39, 0.29) is 17.9 Å². The van der Waals surface area contributed by atoms with Crippen molar-refractivity contribution in [2.45, 2.75) is 57.4 Å². The minimum absolute atomic E-state index is 0.0131. The van der Waals surface area contributed by atoms with Crippen LogP contribution in [0.3, 0.4) is 0 Å².